The van der Waals surface area contributed by atoms with Crippen LogP contribution in [0.4, 0.5) is 4.79 Å². The fourth-order valence-electron chi connectivity index (χ4n) is 3.09. The van der Waals surface area contributed by atoms with Crippen molar-refractivity contribution >= 4 is 6.03 Å². The molecule has 1 N–H and O–H groups in total. The second-order valence-electron chi connectivity index (χ2n) is 6.68. The summed E-state index contributed by atoms with van der Waals surface area (Å²) >= 11 is 0. The second-order valence-corrected chi connectivity index (χ2v) is 6.68. The average Bonchev–Trinajstić information content (AvgIpc) is 3.10. The highest BCUT2D eigenvalue weighted by Gasteiger charge is 2.31. The molecule has 0 bridgehead atoms. The van der Waals surface area contributed by atoms with Gasteiger partial charge in [0, 0.05) is 18.8 Å². The summed E-state index contributed by atoms with van der Waals surface area (Å²) in [6.45, 7) is 5.64. The monoisotopic (exact) mass is 327 g/mol. The standard InChI is InChI=1S/C18H25N5O/c1-14(2)12-19-18(24)22-11-7-6-10-16(22)17-21-20-13-23(17)15-8-4-3-5-9-15/h3-5,8-9,13-14,16H,6-7,10-12H2,1-2H3,(H,19,24). The number of nitrogens with one attached hydrogen (secondary N) is 1. The Bertz CT molecular complexity index is 667. The van der Waals surface area contributed by atoms with Crippen molar-refractivity contribution in [2.75, 3.05) is 13.1 Å². The van der Waals surface area contributed by atoms with Crippen molar-refractivity contribution in [3.63, 3.8) is 0 Å². The largest absolute Gasteiger partial charge is 0.338 e. The minimum atomic E-state index is -0.0337. The molecule has 1 atom stereocenters. The molecule has 0 aliphatic carbocycles. The van der Waals surface area contributed by atoms with Gasteiger partial charge >= 0.3 is 6.03 Å². The molecule has 2 heterocycles. The summed E-state index contributed by atoms with van der Waals surface area (Å²) in [6.07, 6.45) is 4.77. The molecule has 1 aliphatic rings. The number of piperidine rings is 1. The lowest BCUT2D eigenvalue weighted by Gasteiger charge is -2.35. The third-order valence-electron chi connectivity index (χ3n) is 4.33. The number of carbonyl (C=O) groups is 1. The van der Waals surface area contributed by atoms with Crippen molar-refractivity contribution in [2.24, 2.45) is 5.92 Å². The van der Waals surface area contributed by atoms with Gasteiger partial charge in [0.2, 0.25) is 0 Å². The van der Waals surface area contributed by atoms with Crippen molar-refractivity contribution < 1.29 is 4.79 Å². The van der Waals surface area contributed by atoms with E-state index in [1.54, 1.807) is 6.33 Å². The minimum absolute atomic E-state index is 0.00369. The molecule has 6 heteroatoms. The third kappa shape index (κ3) is 3.58. The van der Waals surface area contributed by atoms with Crippen molar-refractivity contribution in [3.05, 3.63) is 42.5 Å². The van der Waals surface area contributed by atoms with Gasteiger partial charge in [-0.25, -0.2) is 4.79 Å². The number of para-hydroxylation sites is 1. The fourth-order valence-corrected chi connectivity index (χ4v) is 3.09. The van der Waals surface area contributed by atoms with Gasteiger partial charge in [-0.2, -0.15) is 0 Å². The quantitative estimate of drug-likeness (QED) is 0.938. The maximum absolute atomic E-state index is 12.6. The number of hydrogen-bond acceptors (Lipinski definition) is 3. The van der Waals surface area contributed by atoms with Gasteiger partial charge in [0.15, 0.2) is 5.82 Å². The second kappa shape index (κ2) is 7.47. The molecule has 1 aromatic heterocycles. The number of rotatable bonds is 4. The number of amides is 2. The molecule has 0 saturated carbocycles. The lowest BCUT2D eigenvalue weighted by atomic mass is 10.0. The van der Waals surface area contributed by atoms with E-state index in [1.807, 2.05) is 39.8 Å². The number of likely N-dealkylation sites (tertiary alicyclic amines) is 1. The maximum atomic E-state index is 12.6. The first-order valence-electron chi connectivity index (χ1n) is 8.66. The summed E-state index contributed by atoms with van der Waals surface area (Å²) in [5.41, 5.74) is 1.02. The summed E-state index contributed by atoms with van der Waals surface area (Å²) in [4.78, 5) is 14.5. The van der Waals surface area contributed by atoms with E-state index in [4.69, 9.17) is 0 Å². The first-order valence-corrected chi connectivity index (χ1v) is 8.66. The topological polar surface area (TPSA) is 63.1 Å². The highest BCUT2D eigenvalue weighted by Crippen LogP contribution is 2.30. The molecule has 2 aromatic rings. The van der Waals surface area contributed by atoms with Crippen LogP contribution in [-0.4, -0.2) is 38.8 Å². The molecule has 1 aromatic carbocycles. The Balaban J connectivity index is 1.84. The molecule has 0 radical (unpaired) electrons. The van der Waals surface area contributed by atoms with Gasteiger partial charge in [0.05, 0.1) is 6.04 Å². The zero-order valence-corrected chi connectivity index (χ0v) is 14.4. The highest BCUT2D eigenvalue weighted by atomic mass is 16.2. The Labute approximate surface area is 142 Å². The molecule has 2 amide bonds. The summed E-state index contributed by atoms with van der Waals surface area (Å²) in [5, 5.41) is 11.5. The summed E-state index contributed by atoms with van der Waals surface area (Å²) in [7, 11) is 0. The van der Waals surface area contributed by atoms with Crippen LogP contribution in [0.1, 0.15) is 45.0 Å². The van der Waals surface area contributed by atoms with Gasteiger partial charge in [-0.3, -0.25) is 4.57 Å². The van der Waals surface area contributed by atoms with Crippen LogP contribution in [0.3, 0.4) is 0 Å². The normalized spacial score (nSPS) is 18.0. The van der Waals surface area contributed by atoms with Gasteiger partial charge in [0.25, 0.3) is 0 Å². The van der Waals surface area contributed by atoms with Crippen molar-refractivity contribution in [2.45, 2.75) is 39.2 Å². The summed E-state index contributed by atoms with van der Waals surface area (Å²) in [6, 6.07) is 9.99. The van der Waals surface area contributed by atoms with Crippen LogP contribution < -0.4 is 5.32 Å². The Morgan fingerprint density at radius 3 is 2.83 bits per heavy atom. The predicted molar refractivity (Wildman–Crippen MR) is 92.9 cm³/mol. The molecule has 6 nitrogen and oxygen atoms in total. The molecule has 1 saturated heterocycles. The number of urea groups is 1. The number of nitrogens with zero attached hydrogens (tertiary/aromatic N) is 4. The fraction of sp³-hybridized carbons (Fsp3) is 0.500. The van der Waals surface area contributed by atoms with Gasteiger partial charge in [-0.1, -0.05) is 32.0 Å². The van der Waals surface area contributed by atoms with Crippen LogP contribution in [0.25, 0.3) is 5.69 Å². The molecule has 1 fully saturated rings. The molecular weight excluding hydrogens is 302 g/mol. The van der Waals surface area contributed by atoms with Crippen molar-refractivity contribution in [1.29, 1.82) is 0 Å². The summed E-state index contributed by atoms with van der Waals surface area (Å²) < 4.78 is 1.98. The van der Waals surface area contributed by atoms with E-state index in [0.717, 1.165) is 37.3 Å². The minimum Gasteiger partial charge on any atom is -0.338 e. The predicted octanol–water partition coefficient (Wildman–Crippen LogP) is 3.16. The number of benzene rings is 1. The Kier molecular flexibility index (Phi) is 5.13. The lowest BCUT2D eigenvalue weighted by molar-refractivity contribution is 0.146. The summed E-state index contributed by atoms with van der Waals surface area (Å²) in [5.74, 6) is 1.27. The third-order valence-corrected chi connectivity index (χ3v) is 4.33. The van der Waals surface area contributed by atoms with E-state index < -0.39 is 0 Å². The van der Waals surface area contributed by atoms with Gasteiger partial charge in [0.1, 0.15) is 6.33 Å². The van der Waals surface area contributed by atoms with Crippen LogP contribution in [-0.2, 0) is 0 Å². The number of carbonyl (C=O) groups excluding carboxylic acids is 1. The Hall–Kier alpha value is -2.37. The average molecular weight is 327 g/mol. The Morgan fingerprint density at radius 1 is 1.29 bits per heavy atom. The highest BCUT2D eigenvalue weighted by molar-refractivity contribution is 5.74. The smallest absolute Gasteiger partial charge is 0.318 e. The molecule has 1 aliphatic heterocycles. The van der Waals surface area contributed by atoms with Gasteiger partial charge in [-0.15, -0.1) is 10.2 Å². The van der Waals surface area contributed by atoms with Crippen LogP contribution in [0.15, 0.2) is 36.7 Å². The van der Waals surface area contributed by atoms with Gasteiger partial charge < -0.3 is 10.2 Å². The molecule has 24 heavy (non-hydrogen) atoms. The zero-order chi connectivity index (χ0) is 16.9. The van der Waals surface area contributed by atoms with Crippen LogP contribution >= 0.6 is 0 Å². The van der Waals surface area contributed by atoms with E-state index in [1.165, 1.54) is 0 Å². The lowest BCUT2D eigenvalue weighted by Crippen LogP contribution is -2.46. The molecule has 3 rings (SSSR count). The first kappa shape index (κ1) is 16.5. The molecule has 1 unspecified atom stereocenters. The zero-order valence-electron chi connectivity index (χ0n) is 14.4. The van der Waals surface area contributed by atoms with Crippen molar-refractivity contribution in [1.82, 2.24) is 25.0 Å². The van der Waals surface area contributed by atoms with Crippen LogP contribution in [0.2, 0.25) is 0 Å². The van der Waals surface area contributed by atoms with E-state index in [9.17, 15) is 4.79 Å². The van der Waals surface area contributed by atoms with Gasteiger partial charge in [-0.05, 0) is 37.3 Å². The van der Waals surface area contributed by atoms with Crippen LogP contribution in [0, 0.1) is 5.92 Å². The van der Waals surface area contributed by atoms with E-state index in [2.05, 4.69) is 29.4 Å². The van der Waals surface area contributed by atoms with E-state index in [-0.39, 0.29) is 12.1 Å². The molecule has 0 spiro atoms. The molecular formula is C18H25N5O. The number of aromatic nitrogens is 3. The maximum Gasteiger partial charge on any atom is 0.318 e. The van der Waals surface area contributed by atoms with Crippen LogP contribution in [0.5, 0.6) is 0 Å². The van der Waals surface area contributed by atoms with E-state index in [0.29, 0.717) is 12.5 Å². The Morgan fingerprint density at radius 2 is 2.08 bits per heavy atom. The number of hydrogen-bond donors (Lipinski definition) is 1. The van der Waals surface area contributed by atoms with Crippen molar-refractivity contribution in [3.8, 4) is 5.69 Å². The molecule has 128 valence electrons. The van der Waals surface area contributed by atoms with E-state index >= 15 is 0 Å². The first-order chi connectivity index (χ1) is 11.7. The SMILES string of the molecule is CC(C)CNC(=O)N1CCCCC1c1nncn1-c1ccccc1.